The van der Waals surface area contributed by atoms with Gasteiger partial charge in [-0.3, -0.25) is 0 Å². The zero-order chi connectivity index (χ0) is 16.8. The minimum atomic E-state index is -0.550. The lowest BCUT2D eigenvalue weighted by Crippen LogP contribution is -2.09. The Morgan fingerprint density at radius 1 is 1.04 bits per heavy atom. The zero-order valence-electron chi connectivity index (χ0n) is 13.3. The summed E-state index contributed by atoms with van der Waals surface area (Å²) >= 11 is 0. The highest BCUT2D eigenvalue weighted by Crippen LogP contribution is 2.20. The van der Waals surface area contributed by atoms with Crippen LogP contribution in [0.2, 0.25) is 0 Å². The minimum Gasteiger partial charge on any atom is -0.387 e. The second kappa shape index (κ2) is 7.58. The van der Waals surface area contributed by atoms with Crippen molar-refractivity contribution in [3.05, 3.63) is 89.5 Å². The van der Waals surface area contributed by atoms with E-state index in [0.29, 0.717) is 18.5 Å². The molecule has 0 aliphatic carbocycles. The average Bonchev–Trinajstić information content (AvgIpc) is 3.09. The maximum Gasteiger partial charge on any atom is 0.0991 e. The average molecular weight is 317 g/mol. The van der Waals surface area contributed by atoms with Crippen LogP contribution in [0.5, 0.6) is 0 Å². The molecule has 1 aromatic heterocycles. The minimum absolute atomic E-state index is 0.550. The molecule has 0 amide bonds. The normalized spacial score (nSPS) is 11.8. The molecule has 3 rings (SSSR count). The Balaban J connectivity index is 1.66. The summed E-state index contributed by atoms with van der Waals surface area (Å²) in [6.45, 7) is 0.628. The van der Waals surface area contributed by atoms with Gasteiger partial charge in [-0.15, -0.1) is 0 Å². The molecular formula is C20H19N3O. The van der Waals surface area contributed by atoms with Crippen molar-refractivity contribution in [3.8, 4) is 6.07 Å². The molecule has 0 bridgehead atoms. The number of aryl methyl sites for hydroxylation is 1. The Hall–Kier alpha value is -2.90. The van der Waals surface area contributed by atoms with Gasteiger partial charge in [-0.2, -0.15) is 5.26 Å². The molecule has 1 heterocycles. The SMILES string of the molecule is N#Cc1ccc(Cn2cncc2C(O)CCc2ccccc2)cc1. The summed E-state index contributed by atoms with van der Waals surface area (Å²) in [4.78, 5) is 4.18. The molecule has 0 radical (unpaired) electrons. The predicted molar refractivity (Wildman–Crippen MR) is 92.2 cm³/mol. The maximum absolute atomic E-state index is 10.5. The summed E-state index contributed by atoms with van der Waals surface area (Å²) in [6, 6.07) is 19.7. The largest absolute Gasteiger partial charge is 0.387 e. The smallest absolute Gasteiger partial charge is 0.0991 e. The summed E-state index contributed by atoms with van der Waals surface area (Å²) in [6.07, 6.45) is 4.39. The summed E-state index contributed by atoms with van der Waals surface area (Å²) in [5.41, 5.74) is 3.75. The van der Waals surface area contributed by atoms with E-state index in [1.165, 1.54) is 5.56 Å². The van der Waals surface area contributed by atoms with Gasteiger partial charge in [-0.25, -0.2) is 4.98 Å². The second-order valence-electron chi connectivity index (χ2n) is 5.80. The molecule has 0 fully saturated rings. The molecule has 4 nitrogen and oxygen atoms in total. The molecule has 0 aliphatic rings. The summed E-state index contributed by atoms with van der Waals surface area (Å²) in [7, 11) is 0. The first kappa shape index (κ1) is 16.0. The van der Waals surface area contributed by atoms with Crippen molar-refractivity contribution in [2.75, 3.05) is 0 Å². The third kappa shape index (κ3) is 3.89. The van der Waals surface area contributed by atoms with E-state index in [4.69, 9.17) is 5.26 Å². The van der Waals surface area contributed by atoms with Gasteiger partial charge in [0.1, 0.15) is 0 Å². The fourth-order valence-corrected chi connectivity index (χ4v) is 2.72. The van der Waals surface area contributed by atoms with Crippen LogP contribution in [-0.2, 0) is 13.0 Å². The molecule has 0 spiro atoms. The van der Waals surface area contributed by atoms with Crippen molar-refractivity contribution in [2.24, 2.45) is 0 Å². The highest BCUT2D eigenvalue weighted by molar-refractivity contribution is 5.31. The van der Waals surface area contributed by atoms with Gasteiger partial charge in [0.25, 0.3) is 0 Å². The summed E-state index contributed by atoms with van der Waals surface area (Å²) in [5.74, 6) is 0. The van der Waals surface area contributed by atoms with Gasteiger partial charge in [-0.1, -0.05) is 42.5 Å². The lowest BCUT2D eigenvalue weighted by Gasteiger charge is -2.14. The molecule has 0 saturated carbocycles. The van der Waals surface area contributed by atoms with Gasteiger partial charge < -0.3 is 9.67 Å². The fourth-order valence-electron chi connectivity index (χ4n) is 2.72. The molecule has 24 heavy (non-hydrogen) atoms. The Morgan fingerprint density at radius 3 is 2.50 bits per heavy atom. The molecule has 120 valence electrons. The third-order valence-electron chi connectivity index (χ3n) is 4.07. The molecule has 4 heteroatoms. The first-order valence-electron chi connectivity index (χ1n) is 7.97. The molecule has 2 aromatic carbocycles. The number of aromatic nitrogens is 2. The fraction of sp³-hybridized carbons (Fsp3) is 0.200. The lowest BCUT2D eigenvalue weighted by atomic mass is 10.1. The van der Waals surface area contributed by atoms with Gasteiger partial charge in [0.05, 0.1) is 36.0 Å². The number of imidazole rings is 1. The van der Waals surface area contributed by atoms with Crippen LogP contribution in [0.1, 0.15) is 34.9 Å². The van der Waals surface area contributed by atoms with Crippen molar-refractivity contribution in [1.82, 2.24) is 9.55 Å². The number of nitrogens with zero attached hydrogens (tertiary/aromatic N) is 3. The van der Waals surface area contributed by atoms with Crippen LogP contribution in [0.4, 0.5) is 0 Å². The molecule has 0 saturated heterocycles. The highest BCUT2D eigenvalue weighted by atomic mass is 16.3. The molecular weight excluding hydrogens is 298 g/mol. The number of hydrogen-bond donors (Lipinski definition) is 1. The maximum atomic E-state index is 10.5. The van der Waals surface area contributed by atoms with E-state index in [1.807, 2.05) is 34.9 Å². The number of benzene rings is 2. The topological polar surface area (TPSA) is 61.8 Å². The standard InChI is InChI=1S/C20H19N3O/c21-12-17-6-8-18(9-7-17)14-23-15-22-13-19(23)20(24)11-10-16-4-2-1-3-5-16/h1-9,13,15,20,24H,10-11,14H2. The van der Waals surface area contributed by atoms with Crippen molar-refractivity contribution >= 4 is 0 Å². The van der Waals surface area contributed by atoms with Crippen LogP contribution < -0.4 is 0 Å². The van der Waals surface area contributed by atoms with Crippen LogP contribution in [-0.4, -0.2) is 14.7 Å². The van der Waals surface area contributed by atoms with E-state index in [2.05, 4.69) is 23.2 Å². The van der Waals surface area contributed by atoms with Gasteiger partial charge in [0.15, 0.2) is 0 Å². The first-order chi connectivity index (χ1) is 11.8. The van der Waals surface area contributed by atoms with Crippen LogP contribution in [0, 0.1) is 11.3 Å². The van der Waals surface area contributed by atoms with Crippen LogP contribution in [0.3, 0.4) is 0 Å². The molecule has 1 atom stereocenters. The van der Waals surface area contributed by atoms with Crippen LogP contribution >= 0.6 is 0 Å². The van der Waals surface area contributed by atoms with Crippen molar-refractivity contribution < 1.29 is 5.11 Å². The van der Waals surface area contributed by atoms with E-state index in [1.54, 1.807) is 24.7 Å². The number of aliphatic hydroxyl groups excluding tert-OH is 1. The lowest BCUT2D eigenvalue weighted by molar-refractivity contribution is 0.159. The van der Waals surface area contributed by atoms with Crippen molar-refractivity contribution in [2.45, 2.75) is 25.5 Å². The van der Waals surface area contributed by atoms with Gasteiger partial charge in [-0.05, 0) is 36.1 Å². The Kier molecular flexibility index (Phi) is 5.05. The Bertz CT molecular complexity index is 816. The first-order valence-corrected chi connectivity index (χ1v) is 7.97. The quantitative estimate of drug-likeness (QED) is 0.757. The highest BCUT2D eigenvalue weighted by Gasteiger charge is 2.13. The monoisotopic (exact) mass is 317 g/mol. The zero-order valence-corrected chi connectivity index (χ0v) is 13.3. The van der Waals surface area contributed by atoms with E-state index >= 15 is 0 Å². The number of rotatable bonds is 6. The predicted octanol–water partition coefficient (Wildman–Crippen LogP) is 3.47. The van der Waals surface area contributed by atoms with E-state index < -0.39 is 6.10 Å². The van der Waals surface area contributed by atoms with E-state index in [-0.39, 0.29) is 0 Å². The van der Waals surface area contributed by atoms with Gasteiger partial charge in [0.2, 0.25) is 0 Å². The number of nitriles is 1. The third-order valence-corrected chi connectivity index (χ3v) is 4.07. The van der Waals surface area contributed by atoms with Crippen LogP contribution in [0.25, 0.3) is 0 Å². The molecule has 1 unspecified atom stereocenters. The Labute approximate surface area is 141 Å². The second-order valence-corrected chi connectivity index (χ2v) is 5.80. The molecule has 1 N–H and O–H groups in total. The molecule has 3 aromatic rings. The molecule has 0 aliphatic heterocycles. The van der Waals surface area contributed by atoms with Gasteiger partial charge in [0, 0.05) is 6.54 Å². The van der Waals surface area contributed by atoms with Crippen LogP contribution in [0.15, 0.2) is 67.1 Å². The van der Waals surface area contributed by atoms with E-state index in [0.717, 1.165) is 17.7 Å². The van der Waals surface area contributed by atoms with Crippen molar-refractivity contribution in [3.63, 3.8) is 0 Å². The Morgan fingerprint density at radius 2 is 1.79 bits per heavy atom. The summed E-state index contributed by atoms with van der Waals surface area (Å²) in [5, 5.41) is 19.4. The number of aliphatic hydroxyl groups is 1. The van der Waals surface area contributed by atoms with E-state index in [9.17, 15) is 5.11 Å². The van der Waals surface area contributed by atoms with Gasteiger partial charge >= 0.3 is 0 Å². The summed E-state index contributed by atoms with van der Waals surface area (Å²) < 4.78 is 1.96. The van der Waals surface area contributed by atoms with Crippen molar-refractivity contribution in [1.29, 1.82) is 5.26 Å². The number of hydrogen-bond acceptors (Lipinski definition) is 3.